The molecule has 0 aliphatic carbocycles. The second-order valence-corrected chi connectivity index (χ2v) is 4.06. The summed E-state index contributed by atoms with van der Waals surface area (Å²) in [7, 11) is 0. The van der Waals surface area contributed by atoms with Gasteiger partial charge in [-0.1, -0.05) is 24.3 Å². The molecule has 0 heterocycles. The number of aryl methyl sites for hydroxylation is 1. The molecule has 1 aromatic carbocycles. The third kappa shape index (κ3) is 3.60. The molecule has 0 bridgehead atoms. The molecule has 0 fully saturated rings. The lowest BCUT2D eigenvalue weighted by molar-refractivity contribution is -0.292. The maximum absolute atomic E-state index is 12.7. The number of hydrogen-bond acceptors (Lipinski definition) is 2. The van der Waals surface area contributed by atoms with Crippen molar-refractivity contribution in [2.75, 3.05) is 0 Å². The first-order chi connectivity index (χ1) is 8.59. The molecular formula is C11H12F6N2. The van der Waals surface area contributed by atoms with Gasteiger partial charge in [-0.15, -0.1) is 0 Å². The Labute approximate surface area is 105 Å². The highest BCUT2D eigenvalue weighted by atomic mass is 19.4. The maximum atomic E-state index is 12.7. The van der Waals surface area contributed by atoms with E-state index in [-0.39, 0.29) is 5.56 Å². The Morgan fingerprint density at radius 1 is 1.00 bits per heavy atom. The monoisotopic (exact) mass is 286 g/mol. The zero-order chi connectivity index (χ0) is 14.8. The van der Waals surface area contributed by atoms with Gasteiger partial charge >= 0.3 is 12.4 Å². The second-order valence-electron chi connectivity index (χ2n) is 4.06. The van der Waals surface area contributed by atoms with Crippen LogP contribution in [-0.4, -0.2) is 12.4 Å². The number of alkyl halides is 6. The van der Waals surface area contributed by atoms with Crippen LogP contribution in [0.5, 0.6) is 0 Å². The number of hydrogen-bond donors (Lipinski definition) is 2. The molecule has 1 unspecified atom stereocenters. The number of nitrogens with one attached hydrogen (secondary N) is 1. The zero-order valence-electron chi connectivity index (χ0n) is 9.81. The van der Waals surface area contributed by atoms with E-state index in [1.165, 1.54) is 31.2 Å². The van der Waals surface area contributed by atoms with E-state index in [0.29, 0.717) is 5.56 Å². The number of benzene rings is 1. The van der Waals surface area contributed by atoms with E-state index in [9.17, 15) is 26.3 Å². The summed E-state index contributed by atoms with van der Waals surface area (Å²) in [5.41, 5.74) is 1.79. The molecule has 2 nitrogen and oxygen atoms in total. The highest BCUT2D eigenvalue weighted by Crippen LogP contribution is 2.46. The van der Waals surface area contributed by atoms with E-state index in [2.05, 4.69) is 0 Å². The lowest BCUT2D eigenvalue weighted by Gasteiger charge is -2.31. The summed E-state index contributed by atoms with van der Waals surface area (Å²) in [6, 6.07) is 3.40. The number of nitrogens with two attached hydrogens (primary N) is 1. The molecule has 0 radical (unpaired) electrons. The summed E-state index contributed by atoms with van der Waals surface area (Å²) in [5.74, 6) is 1.35. The van der Waals surface area contributed by atoms with Crippen LogP contribution < -0.4 is 11.3 Å². The van der Waals surface area contributed by atoms with Crippen molar-refractivity contribution in [3.8, 4) is 0 Å². The van der Waals surface area contributed by atoms with Crippen LogP contribution >= 0.6 is 0 Å². The van der Waals surface area contributed by atoms with Crippen molar-refractivity contribution in [3.05, 3.63) is 35.4 Å². The van der Waals surface area contributed by atoms with Gasteiger partial charge in [0.2, 0.25) is 0 Å². The lowest BCUT2D eigenvalue weighted by atomic mass is 9.89. The van der Waals surface area contributed by atoms with Crippen molar-refractivity contribution in [1.29, 1.82) is 0 Å². The first-order valence-electron chi connectivity index (χ1n) is 5.24. The van der Waals surface area contributed by atoms with Crippen LogP contribution in [0, 0.1) is 12.8 Å². The number of hydrazine groups is 1. The van der Waals surface area contributed by atoms with Crippen molar-refractivity contribution < 1.29 is 26.3 Å². The van der Waals surface area contributed by atoms with E-state index < -0.39 is 24.3 Å². The summed E-state index contributed by atoms with van der Waals surface area (Å²) in [4.78, 5) is 0. The van der Waals surface area contributed by atoms with Crippen molar-refractivity contribution >= 4 is 0 Å². The summed E-state index contributed by atoms with van der Waals surface area (Å²) >= 11 is 0. The zero-order valence-corrected chi connectivity index (χ0v) is 9.81. The van der Waals surface area contributed by atoms with Gasteiger partial charge in [-0.05, 0) is 18.1 Å². The minimum Gasteiger partial charge on any atom is -0.271 e. The Kier molecular flexibility index (Phi) is 4.46. The largest absolute Gasteiger partial charge is 0.402 e. The molecule has 0 saturated heterocycles. The summed E-state index contributed by atoms with van der Waals surface area (Å²) in [6.07, 6.45) is -10.9. The number of halogens is 6. The van der Waals surface area contributed by atoms with Gasteiger partial charge in [0.15, 0.2) is 5.92 Å². The Hall–Kier alpha value is -1.28. The smallest absolute Gasteiger partial charge is 0.271 e. The molecule has 8 heteroatoms. The summed E-state index contributed by atoms with van der Waals surface area (Å²) in [5, 5.41) is 0. The first-order valence-corrected chi connectivity index (χ1v) is 5.24. The second kappa shape index (κ2) is 5.38. The average Bonchev–Trinajstić information content (AvgIpc) is 2.23. The predicted octanol–water partition coefficient (Wildman–Crippen LogP) is 3.24. The SMILES string of the molecule is Cc1ccccc1C(NN)C(C(F)(F)F)C(F)(F)F. The molecule has 3 N–H and O–H groups in total. The fourth-order valence-corrected chi connectivity index (χ4v) is 1.86. The Morgan fingerprint density at radius 2 is 1.47 bits per heavy atom. The minimum atomic E-state index is -5.45. The molecule has 1 aromatic rings. The van der Waals surface area contributed by atoms with Crippen LogP contribution in [0.2, 0.25) is 0 Å². The molecule has 0 aromatic heterocycles. The molecule has 0 aliphatic heterocycles. The van der Waals surface area contributed by atoms with E-state index >= 15 is 0 Å². The third-order valence-electron chi connectivity index (χ3n) is 2.74. The average molecular weight is 286 g/mol. The highest BCUT2D eigenvalue weighted by molar-refractivity contribution is 5.29. The quantitative estimate of drug-likeness (QED) is 0.508. The molecule has 0 saturated carbocycles. The molecule has 0 aliphatic rings. The predicted molar refractivity (Wildman–Crippen MR) is 56.8 cm³/mol. The number of rotatable bonds is 3. The molecule has 1 rings (SSSR count). The van der Waals surface area contributed by atoms with Crippen LogP contribution in [0.15, 0.2) is 24.3 Å². The fourth-order valence-electron chi connectivity index (χ4n) is 1.86. The molecule has 19 heavy (non-hydrogen) atoms. The molecule has 0 spiro atoms. The van der Waals surface area contributed by atoms with Gasteiger partial charge < -0.3 is 0 Å². The van der Waals surface area contributed by atoms with E-state index in [1.807, 2.05) is 0 Å². The van der Waals surface area contributed by atoms with Crippen molar-refractivity contribution in [2.45, 2.75) is 25.3 Å². The summed E-state index contributed by atoms with van der Waals surface area (Å²) in [6.45, 7) is 1.42. The van der Waals surface area contributed by atoms with Gasteiger partial charge in [0.25, 0.3) is 0 Å². The fraction of sp³-hybridized carbons (Fsp3) is 0.455. The minimum absolute atomic E-state index is 0.135. The van der Waals surface area contributed by atoms with Gasteiger partial charge in [-0.25, -0.2) is 0 Å². The topological polar surface area (TPSA) is 38.0 Å². The van der Waals surface area contributed by atoms with Gasteiger partial charge in [-0.2, -0.15) is 26.3 Å². The summed E-state index contributed by atoms with van der Waals surface area (Å²) < 4.78 is 75.9. The molecular weight excluding hydrogens is 274 g/mol. The van der Waals surface area contributed by atoms with E-state index in [1.54, 1.807) is 5.43 Å². The molecule has 108 valence electrons. The van der Waals surface area contributed by atoms with Gasteiger partial charge in [0.05, 0.1) is 6.04 Å². The van der Waals surface area contributed by atoms with Crippen LogP contribution in [-0.2, 0) is 0 Å². The van der Waals surface area contributed by atoms with E-state index in [4.69, 9.17) is 5.84 Å². The van der Waals surface area contributed by atoms with Crippen LogP contribution in [0.1, 0.15) is 17.2 Å². The van der Waals surface area contributed by atoms with Crippen molar-refractivity contribution in [2.24, 2.45) is 11.8 Å². The lowest BCUT2D eigenvalue weighted by Crippen LogP contribution is -2.48. The van der Waals surface area contributed by atoms with Crippen LogP contribution in [0.25, 0.3) is 0 Å². The highest BCUT2D eigenvalue weighted by Gasteiger charge is 2.60. The van der Waals surface area contributed by atoms with Crippen LogP contribution in [0.3, 0.4) is 0 Å². The van der Waals surface area contributed by atoms with Gasteiger partial charge in [0, 0.05) is 0 Å². The maximum Gasteiger partial charge on any atom is 0.402 e. The third-order valence-corrected chi connectivity index (χ3v) is 2.74. The molecule has 0 amide bonds. The first kappa shape index (κ1) is 15.8. The van der Waals surface area contributed by atoms with Crippen LogP contribution in [0.4, 0.5) is 26.3 Å². The molecule has 1 atom stereocenters. The normalized spacial score (nSPS) is 14.8. The van der Waals surface area contributed by atoms with Gasteiger partial charge in [0.1, 0.15) is 0 Å². The van der Waals surface area contributed by atoms with Crippen molar-refractivity contribution in [1.82, 2.24) is 5.43 Å². The van der Waals surface area contributed by atoms with Crippen molar-refractivity contribution in [3.63, 3.8) is 0 Å². The standard InChI is InChI=1S/C11H12F6N2/c1-6-4-2-3-5-7(6)8(19-18)9(10(12,13)14)11(15,16)17/h2-5,8-9,19H,18H2,1H3. The van der Waals surface area contributed by atoms with Gasteiger partial charge in [-0.3, -0.25) is 11.3 Å². The van der Waals surface area contributed by atoms with E-state index in [0.717, 1.165) is 0 Å². The Bertz CT molecular complexity index is 412. The Balaban J connectivity index is 3.30. The Morgan fingerprint density at radius 3 is 1.84 bits per heavy atom.